The van der Waals surface area contributed by atoms with Crippen molar-refractivity contribution < 1.29 is 4.74 Å². The van der Waals surface area contributed by atoms with Gasteiger partial charge in [0.1, 0.15) is 17.4 Å². The molecule has 0 radical (unpaired) electrons. The van der Waals surface area contributed by atoms with Gasteiger partial charge in [-0.25, -0.2) is 0 Å². The molecule has 0 unspecified atom stereocenters. The lowest BCUT2D eigenvalue weighted by Crippen LogP contribution is -2.12. The van der Waals surface area contributed by atoms with Gasteiger partial charge in [-0.1, -0.05) is 13.5 Å². The molecular formula is C14H16N2O2. The maximum atomic E-state index is 11.6. The van der Waals surface area contributed by atoms with Crippen molar-refractivity contribution in [3.63, 3.8) is 0 Å². The summed E-state index contributed by atoms with van der Waals surface area (Å²) in [5.74, 6) is 0.351. The molecule has 1 N–H and O–H groups in total. The first-order valence-corrected chi connectivity index (χ1v) is 5.63. The van der Waals surface area contributed by atoms with Crippen molar-refractivity contribution in [1.29, 1.82) is 5.26 Å². The Morgan fingerprint density at radius 3 is 2.78 bits per heavy atom. The molecule has 0 bridgehead atoms. The molecule has 0 atom stereocenters. The second-order valence-corrected chi connectivity index (χ2v) is 3.77. The van der Waals surface area contributed by atoms with Crippen LogP contribution in [0.15, 0.2) is 29.3 Å². The van der Waals surface area contributed by atoms with Gasteiger partial charge in [-0.15, -0.1) is 0 Å². The van der Waals surface area contributed by atoms with Crippen LogP contribution in [0, 0.1) is 18.3 Å². The molecular weight excluding hydrogens is 228 g/mol. The quantitative estimate of drug-likeness (QED) is 0.502. The number of nitrogens with zero attached hydrogens (tertiary/aromatic N) is 1. The van der Waals surface area contributed by atoms with E-state index in [1.807, 2.05) is 13.8 Å². The van der Waals surface area contributed by atoms with Gasteiger partial charge in [0.15, 0.2) is 0 Å². The van der Waals surface area contributed by atoms with E-state index in [-0.39, 0.29) is 11.1 Å². The molecule has 0 spiro atoms. The van der Waals surface area contributed by atoms with E-state index in [4.69, 9.17) is 4.74 Å². The molecule has 1 aromatic rings. The maximum Gasteiger partial charge on any atom is 0.248 e. The summed E-state index contributed by atoms with van der Waals surface area (Å²) in [6.45, 7) is 7.43. The number of nitrogens with one attached hydrogen (secondary N) is 1. The summed E-state index contributed by atoms with van der Waals surface area (Å²) in [5, 5.41) is 9.23. The number of H-pyrrole nitrogens is 1. The molecule has 1 rings (SSSR count). The first kappa shape index (κ1) is 13.8. The fraction of sp³-hybridized carbons (Fsp3) is 0.286. The minimum Gasteiger partial charge on any atom is -0.495 e. The lowest BCUT2D eigenvalue weighted by molar-refractivity contribution is 0.309. The number of ether oxygens (including phenoxy) is 1. The highest BCUT2D eigenvalue weighted by Crippen LogP contribution is 2.22. The predicted octanol–water partition coefficient (Wildman–Crippen LogP) is 2.31. The lowest BCUT2D eigenvalue weighted by atomic mass is 10.0. The van der Waals surface area contributed by atoms with Crippen molar-refractivity contribution in [2.24, 2.45) is 0 Å². The van der Waals surface area contributed by atoms with Gasteiger partial charge in [-0.3, -0.25) is 4.79 Å². The van der Waals surface area contributed by atoms with Gasteiger partial charge >= 0.3 is 0 Å². The number of aromatic amines is 1. The molecule has 0 aliphatic carbocycles. The number of aromatic nitrogens is 1. The van der Waals surface area contributed by atoms with Gasteiger partial charge in [0, 0.05) is 6.07 Å². The third kappa shape index (κ3) is 2.51. The van der Waals surface area contributed by atoms with Crippen LogP contribution in [0.1, 0.15) is 23.7 Å². The van der Waals surface area contributed by atoms with Crippen molar-refractivity contribution in [1.82, 2.24) is 4.98 Å². The molecule has 0 fully saturated rings. The normalized spacial score (nSPS) is 11.4. The largest absolute Gasteiger partial charge is 0.495 e. The molecule has 1 aromatic heterocycles. The smallest absolute Gasteiger partial charge is 0.248 e. The molecule has 0 saturated carbocycles. The topological polar surface area (TPSA) is 65.9 Å². The first-order valence-electron chi connectivity index (χ1n) is 5.63. The van der Waals surface area contributed by atoms with E-state index >= 15 is 0 Å². The average Bonchev–Trinajstić information content (AvgIpc) is 2.38. The van der Waals surface area contributed by atoms with E-state index in [2.05, 4.69) is 17.6 Å². The van der Waals surface area contributed by atoms with Crippen LogP contribution in [-0.4, -0.2) is 12.1 Å². The van der Waals surface area contributed by atoms with E-state index in [1.54, 1.807) is 6.07 Å². The number of allylic oxidation sites excluding steroid dienone is 2. The number of pyridine rings is 1. The Balaban J connectivity index is 3.64. The zero-order valence-electron chi connectivity index (χ0n) is 10.8. The van der Waals surface area contributed by atoms with E-state index in [9.17, 15) is 10.1 Å². The molecule has 94 valence electrons. The summed E-state index contributed by atoms with van der Waals surface area (Å²) in [6, 6.07) is 3.60. The molecule has 0 aliphatic heterocycles. The molecule has 0 amide bonds. The Morgan fingerprint density at radius 1 is 1.67 bits per heavy atom. The summed E-state index contributed by atoms with van der Waals surface area (Å²) in [5.41, 5.74) is 2.36. The van der Waals surface area contributed by atoms with Crippen molar-refractivity contribution in [2.75, 3.05) is 7.11 Å². The average molecular weight is 244 g/mol. The van der Waals surface area contributed by atoms with Gasteiger partial charge in [0.25, 0.3) is 0 Å². The second kappa shape index (κ2) is 5.87. The van der Waals surface area contributed by atoms with Crippen molar-refractivity contribution in [2.45, 2.75) is 20.3 Å². The minimum atomic E-state index is -0.222. The standard InChI is InChI=1S/C14H16N2O2/c1-5-10-7-13(17)16-14(9(10)3)11(8-15)12(6-2)18-4/h6-7H,2,5H2,1,3-4H3,(H,16,17). The van der Waals surface area contributed by atoms with Crippen LogP contribution < -0.4 is 5.56 Å². The molecule has 0 aromatic carbocycles. The van der Waals surface area contributed by atoms with E-state index in [0.717, 1.165) is 17.5 Å². The predicted molar refractivity (Wildman–Crippen MR) is 70.9 cm³/mol. The summed E-state index contributed by atoms with van der Waals surface area (Å²) in [6.07, 6.45) is 2.19. The van der Waals surface area contributed by atoms with Gasteiger partial charge in [-0.2, -0.15) is 5.26 Å². The van der Waals surface area contributed by atoms with E-state index in [0.29, 0.717) is 11.5 Å². The number of aryl methyl sites for hydroxylation is 1. The van der Waals surface area contributed by atoms with Crippen LogP contribution >= 0.6 is 0 Å². The Morgan fingerprint density at radius 2 is 2.33 bits per heavy atom. The summed E-state index contributed by atoms with van der Waals surface area (Å²) >= 11 is 0. The maximum absolute atomic E-state index is 11.6. The number of methoxy groups -OCH3 is 1. The molecule has 4 nitrogen and oxygen atoms in total. The van der Waals surface area contributed by atoms with Crippen LogP contribution in [0.25, 0.3) is 5.57 Å². The van der Waals surface area contributed by atoms with E-state index < -0.39 is 0 Å². The van der Waals surface area contributed by atoms with Crippen LogP contribution in [0.3, 0.4) is 0 Å². The monoisotopic (exact) mass is 244 g/mol. The Hall–Kier alpha value is -2.28. The molecule has 1 heterocycles. The SMILES string of the molecule is C=CC(OC)=C(C#N)c1[nH]c(=O)cc(CC)c1C. The molecule has 4 heteroatoms. The van der Waals surface area contributed by atoms with Crippen LogP contribution in [0.4, 0.5) is 0 Å². The zero-order valence-corrected chi connectivity index (χ0v) is 10.8. The number of hydrogen-bond acceptors (Lipinski definition) is 3. The molecule has 0 saturated heterocycles. The highest BCUT2D eigenvalue weighted by molar-refractivity contribution is 5.79. The summed E-state index contributed by atoms with van der Waals surface area (Å²) in [4.78, 5) is 14.3. The third-order valence-electron chi connectivity index (χ3n) is 2.80. The zero-order chi connectivity index (χ0) is 13.7. The summed E-state index contributed by atoms with van der Waals surface area (Å²) < 4.78 is 5.09. The fourth-order valence-corrected chi connectivity index (χ4v) is 1.82. The lowest BCUT2D eigenvalue weighted by Gasteiger charge is -2.10. The Bertz CT molecular complexity index is 589. The van der Waals surface area contributed by atoms with Gasteiger partial charge in [0.05, 0.1) is 12.8 Å². The number of rotatable bonds is 4. The van der Waals surface area contributed by atoms with Gasteiger partial charge in [0.2, 0.25) is 5.56 Å². The number of nitriles is 1. The highest BCUT2D eigenvalue weighted by atomic mass is 16.5. The number of hydrogen-bond donors (Lipinski definition) is 1. The first-order chi connectivity index (χ1) is 8.58. The Kier molecular flexibility index (Phi) is 4.50. The highest BCUT2D eigenvalue weighted by Gasteiger charge is 2.13. The van der Waals surface area contributed by atoms with Crippen molar-refractivity contribution in [3.05, 3.63) is 51.7 Å². The van der Waals surface area contributed by atoms with Crippen LogP contribution in [-0.2, 0) is 11.2 Å². The van der Waals surface area contributed by atoms with Crippen LogP contribution in [0.5, 0.6) is 0 Å². The van der Waals surface area contributed by atoms with Crippen molar-refractivity contribution >= 4 is 5.57 Å². The van der Waals surface area contributed by atoms with Crippen molar-refractivity contribution in [3.8, 4) is 6.07 Å². The Labute approximate surface area is 106 Å². The molecule has 18 heavy (non-hydrogen) atoms. The molecule has 0 aliphatic rings. The van der Waals surface area contributed by atoms with Gasteiger partial charge < -0.3 is 9.72 Å². The van der Waals surface area contributed by atoms with Crippen LogP contribution in [0.2, 0.25) is 0 Å². The van der Waals surface area contributed by atoms with Gasteiger partial charge in [-0.05, 0) is 30.5 Å². The fourth-order valence-electron chi connectivity index (χ4n) is 1.82. The summed E-state index contributed by atoms with van der Waals surface area (Å²) in [7, 11) is 1.46. The second-order valence-electron chi connectivity index (χ2n) is 3.77. The van der Waals surface area contributed by atoms with E-state index in [1.165, 1.54) is 13.2 Å². The third-order valence-corrected chi connectivity index (χ3v) is 2.80. The minimum absolute atomic E-state index is 0.222.